The number of fused-ring (bicyclic) bond motifs is 1. The molecule has 4 aromatic rings. The molecule has 1 heterocycles. The highest BCUT2D eigenvalue weighted by molar-refractivity contribution is 5.99. The summed E-state index contributed by atoms with van der Waals surface area (Å²) in [7, 11) is 0. The topological polar surface area (TPSA) is 56.9 Å². The van der Waals surface area contributed by atoms with Crippen LogP contribution in [-0.4, -0.2) is 17.4 Å². The van der Waals surface area contributed by atoms with Crippen molar-refractivity contribution in [3.05, 3.63) is 102 Å². The molecule has 0 radical (unpaired) electrons. The van der Waals surface area contributed by atoms with Crippen molar-refractivity contribution >= 4 is 22.5 Å². The molecule has 0 spiro atoms. The molecule has 1 amide bonds. The Kier molecular flexibility index (Phi) is 5.38. The first-order chi connectivity index (χ1) is 13.8. The van der Waals surface area contributed by atoms with Gasteiger partial charge < -0.3 is 15.6 Å². The lowest BCUT2D eigenvalue weighted by Crippen LogP contribution is -2.26. The zero-order chi connectivity index (χ0) is 19.2. The van der Waals surface area contributed by atoms with E-state index in [1.807, 2.05) is 60.8 Å². The summed E-state index contributed by atoms with van der Waals surface area (Å²) in [5.41, 5.74) is 5.02. The molecule has 0 aliphatic heterocycles. The van der Waals surface area contributed by atoms with Gasteiger partial charge in [0, 0.05) is 35.9 Å². The van der Waals surface area contributed by atoms with E-state index in [2.05, 4.69) is 39.9 Å². The van der Waals surface area contributed by atoms with Crippen LogP contribution in [0.2, 0.25) is 0 Å². The number of anilines is 1. The van der Waals surface area contributed by atoms with Gasteiger partial charge in [0.1, 0.15) is 0 Å². The number of rotatable bonds is 7. The van der Waals surface area contributed by atoms with Crippen LogP contribution in [0.15, 0.2) is 85.1 Å². The number of carbonyl (C=O) groups is 1. The van der Waals surface area contributed by atoms with Crippen LogP contribution >= 0.6 is 0 Å². The predicted molar refractivity (Wildman–Crippen MR) is 115 cm³/mol. The minimum Gasteiger partial charge on any atom is -0.380 e. The predicted octanol–water partition coefficient (Wildman–Crippen LogP) is 4.75. The van der Waals surface area contributed by atoms with E-state index in [4.69, 9.17) is 0 Å². The number of amides is 1. The van der Waals surface area contributed by atoms with E-state index in [-0.39, 0.29) is 5.91 Å². The molecule has 4 rings (SSSR count). The summed E-state index contributed by atoms with van der Waals surface area (Å²) < 4.78 is 0. The molecule has 28 heavy (non-hydrogen) atoms. The average molecular weight is 369 g/mol. The van der Waals surface area contributed by atoms with Crippen molar-refractivity contribution in [3.63, 3.8) is 0 Å². The third-order valence-electron chi connectivity index (χ3n) is 4.85. The zero-order valence-electron chi connectivity index (χ0n) is 15.6. The third-order valence-corrected chi connectivity index (χ3v) is 4.85. The Morgan fingerprint density at radius 3 is 2.50 bits per heavy atom. The maximum atomic E-state index is 12.7. The molecule has 0 fully saturated rings. The average Bonchev–Trinajstić information content (AvgIpc) is 3.16. The minimum absolute atomic E-state index is 0.0593. The van der Waals surface area contributed by atoms with Crippen LogP contribution in [0.25, 0.3) is 10.9 Å². The Morgan fingerprint density at radius 2 is 1.61 bits per heavy atom. The first-order valence-electron chi connectivity index (χ1n) is 9.51. The summed E-state index contributed by atoms with van der Waals surface area (Å²) in [5.74, 6) is -0.0593. The molecule has 0 saturated heterocycles. The SMILES string of the molecule is O=C(NCCc1c[nH]c2ccccc12)c1ccccc1NCc1ccccc1. The molecule has 3 aromatic carbocycles. The number of aromatic amines is 1. The standard InChI is InChI=1S/C24H23N3O/c28-24(25-15-14-19-17-27-22-12-6-4-10-20(19)22)21-11-5-7-13-23(21)26-16-18-8-2-1-3-9-18/h1-13,17,26-27H,14-16H2,(H,25,28). The third kappa shape index (κ3) is 4.07. The highest BCUT2D eigenvalue weighted by atomic mass is 16.1. The van der Waals surface area contributed by atoms with Crippen molar-refractivity contribution in [3.8, 4) is 0 Å². The first-order valence-corrected chi connectivity index (χ1v) is 9.51. The fourth-order valence-electron chi connectivity index (χ4n) is 3.37. The molecule has 4 nitrogen and oxygen atoms in total. The van der Waals surface area contributed by atoms with Gasteiger partial charge in [0.15, 0.2) is 0 Å². The molecule has 0 atom stereocenters. The number of carbonyl (C=O) groups excluding carboxylic acids is 1. The number of nitrogens with one attached hydrogen (secondary N) is 3. The Morgan fingerprint density at radius 1 is 0.857 bits per heavy atom. The van der Waals surface area contributed by atoms with Gasteiger partial charge in [-0.3, -0.25) is 4.79 Å². The number of benzene rings is 3. The van der Waals surface area contributed by atoms with Crippen LogP contribution in [0.4, 0.5) is 5.69 Å². The quantitative estimate of drug-likeness (QED) is 0.440. The van der Waals surface area contributed by atoms with E-state index >= 15 is 0 Å². The van der Waals surface area contributed by atoms with Gasteiger partial charge in [0.2, 0.25) is 0 Å². The second-order valence-corrected chi connectivity index (χ2v) is 6.75. The number of H-pyrrole nitrogens is 1. The normalized spacial score (nSPS) is 10.7. The van der Waals surface area contributed by atoms with Gasteiger partial charge >= 0.3 is 0 Å². The van der Waals surface area contributed by atoms with Gasteiger partial charge in [0.25, 0.3) is 5.91 Å². The van der Waals surface area contributed by atoms with Crippen LogP contribution in [0.3, 0.4) is 0 Å². The van der Waals surface area contributed by atoms with Gasteiger partial charge in [-0.1, -0.05) is 60.7 Å². The monoisotopic (exact) mass is 369 g/mol. The molecular formula is C24H23N3O. The lowest BCUT2D eigenvalue weighted by molar-refractivity contribution is 0.0955. The first kappa shape index (κ1) is 17.9. The molecule has 140 valence electrons. The van der Waals surface area contributed by atoms with E-state index in [0.717, 1.165) is 17.6 Å². The Balaban J connectivity index is 1.38. The van der Waals surface area contributed by atoms with Crippen LogP contribution in [0, 0.1) is 0 Å². The lowest BCUT2D eigenvalue weighted by Gasteiger charge is -2.12. The van der Waals surface area contributed by atoms with Crippen molar-refractivity contribution in [2.75, 3.05) is 11.9 Å². The number of aromatic nitrogens is 1. The Labute approximate surface area is 164 Å². The number of para-hydroxylation sites is 2. The van der Waals surface area contributed by atoms with Crippen LogP contribution in [0.1, 0.15) is 21.5 Å². The van der Waals surface area contributed by atoms with Gasteiger partial charge in [-0.15, -0.1) is 0 Å². The van der Waals surface area contributed by atoms with Gasteiger partial charge in [0.05, 0.1) is 5.56 Å². The second-order valence-electron chi connectivity index (χ2n) is 6.75. The number of hydrogen-bond donors (Lipinski definition) is 3. The van der Waals surface area contributed by atoms with Crippen molar-refractivity contribution in [2.24, 2.45) is 0 Å². The van der Waals surface area contributed by atoms with Crippen LogP contribution in [-0.2, 0) is 13.0 Å². The molecule has 1 aromatic heterocycles. The summed E-state index contributed by atoms with van der Waals surface area (Å²) >= 11 is 0. The Bertz CT molecular complexity index is 1070. The van der Waals surface area contributed by atoms with E-state index < -0.39 is 0 Å². The lowest BCUT2D eigenvalue weighted by atomic mass is 10.1. The molecule has 4 heteroatoms. The fourth-order valence-corrected chi connectivity index (χ4v) is 3.37. The Hall–Kier alpha value is -3.53. The van der Waals surface area contributed by atoms with Crippen LogP contribution < -0.4 is 10.6 Å². The molecular weight excluding hydrogens is 346 g/mol. The van der Waals surface area contributed by atoms with E-state index in [0.29, 0.717) is 18.7 Å². The van der Waals surface area contributed by atoms with Crippen LogP contribution in [0.5, 0.6) is 0 Å². The molecule has 3 N–H and O–H groups in total. The smallest absolute Gasteiger partial charge is 0.253 e. The van der Waals surface area contributed by atoms with Crippen molar-refractivity contribution < 1.29 is 4.79 Å². The second kappa shape index (κ2) is 8.44. The minimum atomic E-state index is -0.0593. The summed E-state index contributed by atoms with van der Waals surface area (Å²) in [5, 5.41) is 7.63. The fraction of sp³-hybridized carbons (Fsp3) is 0.125. The molecule has 0 aliphatic carbocycles. The maximum absolute atomic E-state index is 12.7. The van der Waals surface area contributed by atoms with Gasteiger partial charge in [-0.2, -0.15) is 0 Å². The van der Waals surface area contributed by atoms with Crippen molar-refractivity contribution in [1.82, 2.24) is 10.3 Å². The van der Waals surface area contributed by atoms with Gasteiger partial charge in [-0.25, -0.2) is 0 Å². The molecule has 0 saturated carbocycles. The molecule has 0 unspecified atom stereocenters. The van der Waals surface area contributed by atoms with E-state index in [1.54, 1.807) is 0 Å². The summed E-state index contributed by atoms with van der Waals surface area (Å²) in [6.45, 7) is 1.27. The van der Waals surface area contributed by atoms with E-state index in [1.165, 1.54) is 16.5 Å². The van der Waals surface area contributed by atoms with Gasteiger partial charge in [-0.05, 0) is 35.7 Å². The highest BCUT2D eigenvalue weighted by Gasteiger charge is 2.11. The summed E-state index contributed by atoms with van der Waals surface area (Å²) in [6.07, 6.45) is 2.81. The van der Waals surface area contributed by atoms with E-state index in [9.17, 15) is 4.79 Å². The highest BCUT2D eigenvalue weighted by Crippen LogP contribution is 2.19. The van der Waals surface area contributed by atoms with Crippen molar-refractivity contribution in [1.29, 1.82) is 0 Å². The maximum Gasteiger partial charge on any atom is 0.253 e. The zero-order valence-corrected chi connectivity index (χ0v) is 15.6. The largest absolute Gasteiger partial charge is 0.380 e. The summed E-state index contributed by atoms with van der Waals surface area (Å²) in [4.78, 5) is 16.0. The molecule has 0 aliphatic rings. The number of hydrogen-bond acceptors (Lipinski definition) is 2. The molecule has 0 bridgehead atoms. The summed E-state index contributed by atoms with van der Waals surface area (Å²) in [6, 6.07) is 26.0. The van der Waals surface area contributed by atoms with Crippen molar-refractivity contribution in [2.45, 2.75) is 13.0 Å².